The van der Waals surface area contributed by atoms with Crippen LogP contribution in [0.1, 0.15) is 13.8 Å². The van der Waals surface area contributed by atoms with E-state index in [-0.39, 0.29) is 21.6 Å². The summed E-state index contributed by atoms with van der Waals surface area (Å²) >= 11 is 50.1. The SMILES string of the molecule is CC(C)(C1=C(Cl)C=C(O)C(Cl)(Cl)C1Cl)C1=C(Cl)C=C(O)C(Cl)(Cl)C1Cl. The number of aliphatic hydroxyl groups excluding tert-OH is 2. The van der Waals surface area contributed by atoms with Crippen molar-refractivity contribution in [2.45, 2.75) is 33.3 Å². The molecule has 25 heavy (non-hydrogen) atoms. The number of rotatable bonds is 2. The lowest BCUT2D eigenvalue weighted by Gasteiger charge is -2.44. The van der Waals surface area contributed by atoms with Gasteiger partial charge in [0.1, 0.15) is 11.5 Å². The summed E-state index contributed by atoms with van der Waals surface area (Å²) in [6.45, 7) is 3.46. The Balaban J connectivity index is 2.70. The maximum atomic E-state index is 9.94. The number of halogens is 8. The third-order valence-electron chi connectivity index (χ3n) is 4.21. The molecule has 0 heterocycles. The quantitative estimate of drug-likeness (QED) is 0.381. The van der Waals surface area contributed by atoms with Gasteiger partial charge >= 0.3 is 0 Å². The molecular formula is C15H12Cl8O2. The fraction of sp³-hybridized carbons (Fsp3) is 0.467. The molecule has 0 aromatic carbocycles. The van der Waals surface area contributed by atoms with E-state index in [1.54, 1.807) is 13.8 Å². The summed E-state index contributed by atoms with van der Waals surface area (Å²) in [6, 6.07) is 0. The smallest absolute Gasteiger partial charge is 0.194 e. The van der Waals surface area contributed by atoms with E-state index >= 15 is 0 Å². The molecule has 2 atom stereocenters. The Morgan fingerprint density at radius 3 is 1.36 bits per heavy atom. The van der Waals surface area contributed by atoms with Crippen molar-refractivity contribution in [3.05, 3.63) is 44.9 Å². The Kier molecular flexibility index (Phi) is 6.25. The average Bonchev–Trinajstić information content (AvgIpc) is 2.43. The molecule has 10 heteroatoms. The molecular weight excluding hydrogens is 496 g/mol. The summed E-state index contributed by atoms with van der Waals surface area (Å²) in [7, 11) is 0. The minimum absolute atomic E-state index is 0.133. The highest BCUT2D eigenvalue weighted by atomic mass is 35.5. The third-order valence-corrected chi connectivity index (χ3v) is 8.03. The number of alkyl halides is 6. The van der Waals surface area contributed by atoms with Gasteiger partial charge in [-0.2, -0.15) is 0 Å². The molecule has 0 saturated heterocycles. The molecule has 0 fully saturated rings. The second-order valence-electron chi connectivity index (χ2n) is 6.18. The van der Waals surface area contributed by atoms with Crippen molar-refractivity contribution in [2.24, 2.45) is 5.41 Å². The van der Waals surface area contributed by atoms with Gasteiger partial charge in [0, 0.05) is 15.5 Å². The van der Waals surface area contributed by atoms with E-state index in [0.717, 1.165) is 0 Å². The highest BCUT2D eigenvalue weighted by Gasteiger charge is 2.54. The van der Waals surface area contributed by atoms with Crippen LogP contribution in [0.2, 0.25) is 0 Å². The maximum Gasteiger partial charge on any atom is 0.194 e. The van der Waals surface area contributed by atoms with Gasteiger partial charge in [0.15, 0.2) is 8.67 Å². The van der Waals surface area contributed by atoms with E-state index < -0.39 is 24.8 Å². The topological polar surface area (TPSA) is 40.5 Å². The molecule has 0 aliphatic heterocycles. The molecule has 0 saturated carbocycles. The van der Waals surface area contributed by atoms with Crippen LogP contribution in [0.4, 0.5) is 0 Å². The molecule has 140 valence electrons. The Morgan fingerprint density at radius 1 is 0.800 bits per heavy atom. The zero-order chi connectivity index (χ0) is 19.5. The lowest BCUT2D eigenvalue weighted by Crippen LogP contribution is -2.44. The van der Waals surface area contributed by atoms with Crippen molar-refractivity contribution in [1.82, 2.24) is 0 Å². The highest BCUT2D eigenvalue weighted by Crippen LogP contribution is 2.57. The summed E-state index contributed by atoms with van der Waals surface area (Å²) in [5, 5.41) is 18.0. The van der Waals surface area contributed by atoms with E-state index in [2.05, 4.69) is 0 Å². The molecule has 2 aliphatic rings. The van der Waals surface area contributed by atoms with Crippen LogP contribution >= 0.6 is 92.8 Å². The summed E-state index contributed by atoms with van der Waals surface area (Å²) in [5.41, 5.74) is -0.265. The second kappa shape index (κ2) is 7.04. The van der Waals surface area contributed by atoms with E-state index in [9.17, 15) is 10.2 Å². The van der Waals surface area contributed by atoms with Crippen LogP contribution in [-0.2, 0) is 0 Å². The Morgan fingerprint density at radius 2 is 1.08 bits per heavy atom. The number of hydrogen-bond acceptors (Lipinski definition) is 2. The minimum atomic E-state index is -1.80. The van der Waals surface area contributed by atoms with E-state index in [4.69, 9.17) is 92.8 Å². The van der Waals surface area contributed by atoms with Gasteiger partial charge in [-0.3, -0.25) is 0 Å². The van der Waals surface area contributed by atoms with Crippen LogP contribution in [0, 0.1) is 5.41 Å². The first-order chi connectivity index (χ1) is 11.2. The van der Waals surface area contributed by atoms with Gasteiger partial charge in [-0.1, -0.05) is 83.5 Å². The molecule has 2 unspecified atom stereocenters. The van der Waals surface area contributed by atoms with Gasteiger partial charge in [-0.25, -0.2) is 0 Å². The number of allylic oxidation sites excluding steroid dienone is 8. The van der Waals surface area contributed by atoms with Crippen molar-refractivity contribution >= 4 is 92.8 Å². The van der Waals surface area contributed by atoms with Gasteiger partial charge in [-0.15, -0.1) is 23.2 Å². The summed E-state index contributed by atoms with van der Waals surface area (Å²) in [4.78, 5) is 0. The maximum absolute atomic E-state index is 9.94. The molecule has 0 spiro atoms. The van der Waals surface area contributed by atoms with Gasteiger partial charge < -0.3 is 10.2 Å². The molecule has 0 aromatic rings. The predicted molar refractivity (Wildman–Crippen MR) is 109 cm³/mol. The van der Waals surface area contributed by atoms with E-state index in [1.807, 2.05) is 0 Å². The zero-order valence-corrected chi connectivity index (χ0v) is 18.8. The van der Waals surface area contributed by atoms with Gasteiger partial charge in [0.05, 0.1) is 10.8 Å². The first-order valence-corrected chi connectivity index (χ1v) is 9.97. The highest BCUT2D eigenvalue weighted by molar-refractivity contribution is 6.56. The summed E-state index contributed by atoms with van der Waals surface area (Å²) in [6.07, 6.45) is 2.42. The lowest BCUT2D eigenvalue weighted by molar-refractivity contribution is 0.358. The standard InChI is InChI=1S/C15H12Cl8O2/c1-13(2,9-5(16)3-7(24)14(20,21)11(9)18)10-6(17)4-8(25)15(22,23)12(10)19/h3-4,11-12,24-25H,1-2H3. The summed E-state index contributed by atoms with van der Waals surface area (Å²) < 4.78 is -3.60. The second-order valence-corrected chi connectivity index (χ2v) is 10.6. The Bertz CT molecular complexity index is 670. The van der Waals surface area contributed by atoms with Crippen LogP contribution in [0.5, 0.6) is 0 Å². The lowest BCUT2D eigenvalue weighted by atomic mass is 9.70. The minimum Gasteiger partial charge on any atom is -0.509 e. The zero-order valence-electron chi connectivity index (χ0n) is 12.7. The Labute approximate surface area is 185 Å². The van der Waals surface area contributed by atoms with Gasteiger partial charge in [0.25, 0.3) is 0 Å². The largest absolute Gasteiger partial charge is 0.509 e. The van der Waals surface area contributed by atoms with Crippen LogP contribution in [0.25, 0.3) is 0 Å². The van der Waals surface area contributed by atoms with Crippen LogP contribution in [-0.4, -0.2) is 29.6 Å². The first kappa shape index (κ1) is 22.2. The molecule has 0 bridgehead atoms. The molecule has 2 nitrogen and oxygen atoms in total. The fourth-order valence-corrected chi connectivity index (χ4v) is 5.50. The molecule has 2 aliphatic carbocycles. The van der Waals surface area contributed by atoms with Crippen molar-refractivity contribution in [1.29, 1.82) is 0 Å². The van der Waals surface area contributed by atoms with E-state index in [1.165, 1.54) is 12.2 Å². The van der Waals surface area contributed by atoms with Crippen LogP contribution < -0.4 is 0 Å². The number of hydrogen-bond donors (Lipinski definition) is 2. The predicted octanol–water partition coefficient (Wildman–Crippen LogP) is 7.47. The summed E-state index contributed by atoms with van der Waals surface area (Å²) in [5.74, 6) is -0.763. The van der Waals surface area contributed by atoms with Crippen LogP contribution in [0.15, 0.2) is 44.9 Å². The molecule has 0 amide bonds. The van der Waals surface area contributed by atoms with Gasteiger partial charge in [-0.05, 0) is 23.3 Å². The molecule has 0 radical (unpaired) electrons. The van der Waals surface area contributed by atoms with Gasteiger partial charge in [0.2, 0.25) is 0 Å². The molecule has 2 N–H and O–H groups in total. The Hall–Kier alpha value is 0.880. The van der Waals surface area contributed by atoms with Crippen LogP contribution in [0.3, 0.4) is 0 Å². The van der Waals surface area contributed by atoms with Crippen molar-refractivity contribution in [3.63, 3.8) is 0 Å². The molecule has 2 rings (SSSR count). The normalized spacial score (nSPS) is 29.5. The van der Waals surface area contributed by atoms with Crippen molar-refractivity contribution < 1.29 is 10.2 Å². The fourth-order valence-electron chi connectivity index (χ4n) is 2.83. The third kappa shape index (κ3) is 3.51. The van der Waals surface area contributed by atoms with E-state index in [0.29, 0.717) is 11.1 Å². The van der Waals surface area contributed by atoms with Crippen molar-refractivity contribution in [2.75, 3.05) is 0 Å². The average molecular weight is 508 g/mol. The van der Waals surface area contributed by atoms with Crippen molar-refractivity contribution in [3.8, 4) is 0 Å². The molecule has 0 aromatic heterocycles. The first-order valence-electron chi connectivity index (χ1n) is 6.83. The number of aliphatic hydroxyl groups is 2. The monoisotopic (exact) mass is 504 g/mol.